The van der Waals surface area contributed by atoms with Crippen molar-refractivity contribution >= 4 is 17.5 Å². The minimum atomic E-state index is -0.523. The number of hydrogen-bond acceptors (Lipinski definition) is 3. The topological polar surface area (TPSA) is 73.2 Å². The van der Waals surface area contributed by atoms with Gasteiger partial charge < -0.3 is 10.2 Å². The summed E-state index contributed by atoms with van der Waals surface area (Å²) in [5.74, 6) is -0.393. The molecule has 1 aliphatic rings. The number of amides is 2. The Labute approximate surface area is 146 Å². The average Bonchev–Trinajstić information content (AvgIpc) is 2.98. The minimum Gasteiger partial charge on any atom is -0.340 e. The maximum atomic E-state index is 12.6. The summed E-state index contributed by atoms with van der Waals surface area (Å²) >= 11 is 0. The average molecular weight is 333 g/mol. The van der Waals surface area contributed by atoms with Gasteiger partial charge in [-0.05, 0) is 67.8 Å². The number of nitrogens with zero attached hydrogens (tertiary/aromatic N) is 2. The Morgan fingerprint density at radius 1 is 1.16 bits per heavy atom. The monoisotopic (exact) mass is 333 g/mol. The molecule has 25 heavy (non-hydrogen) atoms. The van der Waals surface area contributed by atoms with Crippen LogP contribution in [0.4, 0.5) is 5.69 Å². The van der Waals surface area contributed by atoms with E-state index < -0.39 is 6.04 Å². The predicted octanol–water partition coefficient (Wildman–Crippen LogP) is 2.71. The van der Waals surface area contributed by atoms with E-state index in [2.05, 4.69) is 5.32 Å². The number of anilines is 1. The normalized spacial score (nSPS) is 16.6. The molecule has 5 nitrogen and oxygen atoms in total. The second-order valence-corrected chi connectivity index (χ2v) is 6.26. The van der Waals surface area contributed by atoms with Crippen LogP contribution in [0.3, 0.4) is 0 Å². The molecule has 1 atom stereocenters. The molecule has 1 N–H and O–H groups in total. The second kappa shape index (κ2) is 6.78. The van der Waals surface area contributed by atoms with Crippen molar-refractivity contribution in [2.75, 3.05) is 11.4 Å². The van der Waals surface area contributed by atoms with Crippen molar-refractivity contribution in [1.82, 2.24) is 5.32 Å². The highest BCUT2D eigenvalue weighted by molar-refractivity contribution is 6.04. The van der Waals surface area contributed by atoms with Gasteiger partial charge in [0.25, 0.3) is 5.91 Å². The molecule has 0 saturated carbocycles. The van der Waals surface area contributed by atoms with Gasteiger partial charge in [-0.25, -0.2) is 0 Å². The van der Waals surface area contributed by atoms with Crippen molar-refractivity contribution in [1.29, 1.82) is 5.26 Å². The molecular formula is C20H19N3O2. The molecule has 0 bridgehead atoms. The Balaban J connectivity index is 1.70. The summed E-state index contributed by atoms with van der Waals surface area (Å²) in [7, 11) is 0. The summed E-state index contributed by atoms with van der Waals surface area (Å²) < 4.78 is 0. The zero-order valence-electron chi connectivity index (χ0n) is 14.2. The number of rotatable bonds is 3. The molecule has 2 amide bonds. The molecule has 0 unspecified atom stereocenters. The summed E-state index contributed by atoms with van der Waals surface area (Å²) in [6, 6.07) is 13.8. The summed E-state index contributed by atoms with van der Waals surface area (Å²) in [5.41, 5.74) is 4.12. The fourth-order valence-corrected chi connectivity index (χ4v) is 2.90. The van der Waals surface area contributed by atoms with E-state index in [4.69, 9.17) is 5.26 Å². The van der Waals surface area contributed by atoms with E-state index in [1.54, 1.807) is 29.2 Å². The maximum absolute atomic E-state index is 12.6. The lowest BCUT2D eigenvalue weighted by Gasteiger charge is -2.18. The maximum Gasteiger partial charge on any atom is 0.251 e. The van der Waals surface area contributed by atoms with E-state index >= 15 is 0 Å². The minimum absolute atomic E-state index is 0.0924. The molecular weight excluding hydrogens is 314 g/mol. The molecule has 1 aliphatic heterocycles. The Morgan fingerprint density at radius 2 is 1.88 bits per heavy atom. The first-order valence-corrected chi connectivity index (χ1v) is 8.19. The Hall–Kier alpha value is -3.13. The lowest BCUT2D eigenvalue weighted by Crippen LogP contribution is -2.41. The number of benzene rings is 2. The van der Waals surface area contributed by atoms with Crippen LogP contribution in [0.2, 0.25) is 0 Å². The van der Waals surface area contributed by atoms with Crippen LogP contribution >= 0.6 is 0 Å². The molecule has 2 aromatic carbocycles. The van der Waals surface area contributed by atoms with Crippen molar-refractivity contribution in [3.63, 3.8) is 0 Å². The van der Waals surface area contributed by atoms with Crippen LogP contribution in [0.1, 0.15) is 33.5 Å². The Bertz CT molecular complexity index is 866. The molecule has 1 fully saturated rings. The number of carbonyl (C=O) groups excluding carboxylic acids is 2. The Kier molecular flexibility index (Phi) is 4.53. The highest BCUT2D eigenvalue weighted by atomic mass is 16.2. The molecule has 5 heteroatoms. The van der Waals surface area contributed by atoms with Gasteiger partial charge in [0.1, 0.15) is 6.04 Å². The van der Waals surface area contributed by atoms with E-state index in [0.29, 0.717) is 24.1 Å². The molecule has 126 valence electrons. The van der Waals surface area contributed by atoms with Gasteiger partial charge in [0.05, 0.1) is 11.6 Å². The molecule has 0 spiro atoms. The van der Waals surface area contributed by atoms with Crippen molar-refractivity contribution in [3.05, 3.63) is 64.7 Å². The zero-order chi connectivity index (χ0) is 18.0. The smallest absolute Gasteiger partial charge is 0.251 e. The van der Waals surface area contributed by atoms with Gasteiger partial charge in [-0.3, -0.25) is 9.59 Å². The first-order valence-electron chi connectivity index (χ1n) is 8.19. The highest BCUT2D eigenvalue weighted by Crippen LogP contribution is 2.24. The summed E-state index contributed by atoms with van der Waals surface area (Å²) in [5, 5.41) is 11.6. The highest BCUT2D eigenvalue weighted by Gasteiger charge is 2.33. The molecule has 3 rings (SSSR count). The van der Waals surface area contributed by atoms with Gasteiger partial charge >= 0.3 is 0 Å². The van der Waals surface area contributed by atoms with Gasteiger partial charge in [0, 0.05) is 17.8 Å². The van der Waals surface area contributed by atoms with Gasteiger partial charge in [0.2, 0.25) is 5.91 Å². The quantitative estimate of drug-likeness (QED) is 0.938. The fraction of sp³-hybridized carbons (Fsp3) is 0.250. The van der Waals surface area contributed by atoms with Crippen LogP contribution in [-0.4, -0.2) is 24.4 Å². The summed E-state index contributed by atoms with van der Waals surface area (Å²) in [4.78, 5) is 26.7. The van der Waals surface area contributed by atoms with Crippen LogP contribution in [0, 0.1) is 25.2 Å². The number of carbonyl (C=O) groups is 2. The zero-order valence-corrected chi connectivity index (χ0v) is 14.2. The van der Waals surface area contributed by atoms with Crippen molar-refractivity contribution in [2.45, 2.75) is 26.3 Å². The van der Waals surface area contributed by atoms with Crippen molar-refractivity contribution in [3.8, 4) is 6.07 Å². The Morgan fingerprint density at radius 3 is 2.52 bits per heavy atom. The number of nitriles is 1. The third-order valence-electron chi connectivity index (χ3n) is 4.59. The lowest BCUT2D eigenvalue weighted by molar-refractivity contribution is -0.118. The second-order valence-electron chi connectivity index (χ2n) is 6.26. The molecule has 0 aliphatic carbocycles. The standard InChI is InChI=1S/C20H19N3O2/c1-13-3-8-17(11-14(13)2)23-10-9-18(20(23)25)22-19(24)16-6-4-15(12-21)5-7-16/h3-8,11,18H,9-10H2,1-2H3,(H,22,24)/t18-/m0/s1. The third-order valence-corrected chi connectivity index (χ3v) is 4.59. The van der Waals surface area contributed by atoms with E-state index in [9.17, 15) is 9.59 Å². The van der Waals surface area contributed by atoms with E-state index in [-0.39, 0.29) is 11.8 Å². The van der Waals surface area contributed by atoms with Gasteiger partial charge in [-0.2, -0.15) is 5.26 Å². The van der Waals surface area contributed by atoms with E-state index in [1.165, 1.54) is 5.56 Å². The number of hydrogen-bond donors (Lipinski definition) is 1. The van der Waals surface area contributed by atoms with E-state index in [1.807, 2.05) is 38.1 Å². The predicted molar refractivity (Wildman–Crippen MR) is 95.3 cm³/mol. The summed E-state index contributed by atoms with van der Waals surface area (Å²) in [6.45, 7) is 4.63. The SMILES string of the molecule is Cc1ccc(N2CC[C@H](NC(=O)c3ccc(C#N)cc3)C2=O)cc1C. The first-order chi connectivity index (χ1) is 12.0. The molecule has 1 heterocycles. The number of nitrogens with one attached hydrogen (secondary N) is 1. The molecule has 0 radical (unpaired) electrons. The van der Waals surface area contributed by atoms with Crippen LogP contribution in [-0.2, 0) is 4.79 Å². The van der Waals surface area contributed by atoms with Crippen LogP contribution in [0.5, 0.6) is 0 Å². The first kappa shape index (κ1) is 16.7. The summed E-state index contributed by atoms with van der Waals surface area (Å²) in [6.07, 6.45) is 0.577. The molecule has 1 saturated heterocycles. The third kappa shape index (κ3) is 3.38. The fourth-order valence-electron chi connectivity index (χ4n) is 2.90. The van der Waals surface area contributed by atoms with Gasteiger partial charge in [0.15, 0.2) is 0 Å². The lowest BCUT2D eigenvalue weighted by atomic mass is 10.1. The molecule has 2 aromatic rings. The van der Waals surface area contributed by atoms with Crippen molar-refractivity contribution < 1.29 is 9.59 Å². The van der Waals surface area contributed by atoms with Gasteiger partial charge in [-0.15, -0.1) is 0 Å². The molecule has 0 aromatic heterocycles. The largest absolute Gasteiger partial charge is 0.340 e. The van der Waals surface area contributed by atoms with Crippen molar-refractivity contribution in [2.24, 2.45) is 0 Å². The number of aryl methyl sites for hydroxylation is 2. The van der Waals surface area contributed by atoms with Crippen LogP contribution in [0.15, 0.2) is 42.5 Å². The van der Waals surface area contributed by atoms with Crippen LogP contribution in [0.25, 0.3) is 0 Å². The van der Waals surface area contributed by atoms with Crippen LogP contribution < -0.4 is 10.2 Å². The van der Waals surface area contributed by atoms with E-state index in [0.717, 1.165) is 11.3 Å². The van der Waals surface area contributed by atoms with Gasteiger partial charge in [-0.1, -0.05) is 6.07 Å².